The van der Waals surface area contributed by atoms with E-state index < -0.39 is 6.41 Å². The smallest absolute Gasteiger partial charge is 0.211 e. The van der Waals surface area contributed by atoms with Crippen LogP contribution in [-0.2, 0) is 6.42 Å². The molecule has 0 aromatic heterocycles. The fraction of sp³-hybridized carbons (Fsp3) is 0.400. The summed E-state index contributed by atoms with van der Waals surface area (Å²) in [6.45, 7) is 1.91. The van der Waals surface area contributed by atoms with Crippen LogP contribution in [0.3, 0.4) is 0 Å². The molecule has 13 heavy (non-hydrogen) atoms. The molecule has 3 nitrogen and oxygen atoms in total. The molecule has 0 radical (unpaired) electrons. The molecular formula is C10H15NO2. The Kier molecular flexibility index (Phi) is 3.89. The van der Waals surface area contributed by atoms with E-state index in [9.17, 15) is 0 Å². The van der Waals surface area contributed by atoms with Crippen LogP contribution in [0.1, 0.15) is 12.5 Å². The first-order valence-corrected chi connectivity index (χ1v) is 4.34. The summed E-state index contributed by atoms with van der Waals surface area (Å²) in [4.78, 5) is 0. The molecule has 0 aliphatic carbocycles. The maximum atomic E-state index is 8.65. The Morgan fingerprint density at radius 2 is 1.85 bits per heavy atom. The molecule has 1 aromatic carbocycles. The molecule has 1 atom stereocenters. The van der Waals surface area contributed by atoms with E-state index in [1.54, 1.807) is 0 Å². The molecule has 0 spiro atoms. The van der Waals surface area contributed by atoms with Crippen molar-refractivity contribution >= 4 is 0 Å². The molecule has 0 aliphatic rings. The third-order valence-electron chi connectivity index (χ3n) is 1.82. The predicted octanol–water partition coefficient (Wildman–Crippen LogP) is 0.475. The van der Waals surface area contributed by atoms with Gasteiger partial charge in [0, 0.05) is 6.04 Å². The zero-order chi connectivity index (χ0) is 9.68. The first-order chi connectivity index (χ1) is 6.18. The van der Waals surface area contributed by atoms with Crippen molar-refractivity contribution in [2.24, 2.45) is 0 Å². The topological polar surface area (TPSA) is 52.5 Å². The van der Waals surface area contributed by atoms with E-state index in [2.05, 4.69) is 5.32 Å². The van der Waals surface area contributed by atoms with Crippen LogP contribution in [0.4, 0.5) is 0 Å². The molecular weight excluding hydrogens is 166 g/mol. The summed E-state index contributed by atoms with van der Waals surface area (Å²) in [7, 11) is 0. The lowest BCUT2D eigenvalue weighted by Crippen LogP contribution is -2.37. The summed E-state index contributed by atoms with van der Waals surface area (Å²) in [5.41, 5.74) is 1.18. The van der Waals surface area contributed by atoms with Gasteiger partial charge in [-0.15, -0.1) is 0 Å². The summed E-state index contributed by atoms with van der Waals surface area (Å²) < 4.78 is 0. The average molecular weight is 181 g/mol. The van der Waals surface area contributed by atoms with Crippen molar-refractivity contribution in [3.05, 3.63) is 35.9 Å². The van der Waals surface area contributed by atoms with Crippen LogP contribution in [-0.4, -0.2) is 22.7 Å². The highest BCUT2D eigenvalue weighted by Crippen LogP contribution is 2.02. The van der Waals surface area contributed by atoms with Crippen LogP contribution in [0.2, 0.25) is 0 Å². The minimum atomic E-state index is -1.43. The molecule has 0 bridgehead atoms. The van der Waals surface area contributed by atoms with E-state index in [-0.39, 0.29) is 6.04 Å². The summed E-state index contributed by atoms with van der Waals surface area (Å²) in [6.07, 6.45) is -0.642. The van der Waals surface area contributed by atoms with E-state index in [1.165, 1.54) is 5.56 Å². The molecule has 3 N–H and O–H groups in total. The maximum absolute atomic E-state index is 8.65. The van der Waals surface area contributed by atoms with Crippen LogP contribution in [0.25, 0.3) is 0 Å². The molecule has 72 valence electrons. The number of rotatable bonds is 4. The Hall–Kier alpha value is -0.900. The average Bonchev–Trinajstić information content (AvgIpc) is 2.04. The first-order valence-electron chi connectivity index (χ1n) is 4.34. The molecule has 0 fully saturated rings. The van der Waals surface area contributed by atoms with Crippen molar-refractivity contribution in [1.29, 1.82) is 0 Å². The minimum absolute atomic E-state index is 0.0578. The molecule has 1 unspecified atom stereocenters. The first kappa shape index (κ1) is 10.2. The van der Waals surface area contributed by atoms with Crippen LogP contribution in [0.5, 0.6) is 0 Å². The van der Waals surface area contributed by atoms with Gasteiger partial charge in [-0.25, -0.2) is 0 Å². The van der Waals surface area contributed by atoms with Crippen LogP contribution in [0, 0.1) is 0 Å². The highest BCUT2D eigenvalue weighted by molar-refractivity contribution is 5.15. The third-order valence-corrected chi connectivity index (χ3v) is 1.82. The van der Waals surface area contributed by atoms with E-state index >= 15 is 0 Å². The van der Waals surface area contributed by atoms with Crippen molar-refractivity contribution in [1.82, 2.24) is 5.32 Å². The summed E-state index contributed by atoms with van der Waals surface area (Å²) in [5.74, 6) is 0. The van der Waals surface area contributed by atoms with Crippen molar-refractivity contribution in [2.75, 3.05) is 0 Å². The third kappa shape index (κ3) is 4.03. The number of hydrogen-bond donors (Lipinski definition) is 3. The lowest BCUT2D eigenvalue weighted by molar-refractivity contribution is -0.0720. The highest BCUT2D eigenvalue weighted by Gasteiger charge is 2.05. The molecule has 0 amide bonds. The van der Waals surface area contributed by atoms with Gasteiger partial charge < -0.3 is 10.2 Å². The van der Waals surface area contributed by atoms with Crippen LogP contribution < -0.4 is 5.32 Å². The number of nitrogens with one attached hydrogen (secondary N) is 1. The van der Waals surface area contributed by atoms with Gasteiger partial charge in [-0.2, -0.15) is 0 Å². The molecule has 0 aliphatic heterocycles. The largest absolute Gasteiger partial charge is 0.356 e. The van der Waals surface area contributed by atoms with E-state index in [0.717, 1.165) is 6.42 Å². The van der Waals surface area contributed by atoms with E-state index in [1.807, 2.05) is 37.3 Å². The highest BCUT2D eigenvalue weighted by atomic mass is 16.5. The normalized spacial score (nSPS) is 13.2. The van der Waals surface area contributed by atoms with Crippen molar-refractivity contribution in [3.63, 3.8) is 0 Å². The second-order valence-corrected chi connectivity index (χ2v) is 3.13. The fourth-order valence-electron chi connectivity index (χ4n) is 1.28. The summed E-state index contributed by atoms with van der Waals surface area (Å²) in [6, 6.07) is 9.99. The number of aliphatic hydroxyl groups is 2. The maximum Gasteiger partial charge on any atom is 0.211 e. The second-order valence-electron chi connectivity index (χ2n) is 3.13. The Morgan fingerprint density at radius 3 is 2.38 bits per heavy atom. The SMILES string of the molecule is CC(Cc1ccccc1)NC(O)O. The molecule has 1 aromatic rings. The molecule has 1 rings (SSSR count). The van der Waals surface area contributed by atoms with E-state index in [4.69, 9.17) is 10.2 Å². The number of aliphatic hydroxyl groups excluding tert-OH is 1. The van der Waals surface area contributed by atoms with Gasteiger partial charge in [0.05, 0.1) is 0 Å². The van der Waals surface area contributed by atoms with Gasteiger partial charge in [0.1, 0.15) is 0 Å². The van der Waals surface area contributed by atoms with E-state index in [0.29, 0.717) is 0 Å². The van der Waals surface area contributed by atoms with Gasteiger partial charge in [-0.05, 0) is 18.9 Å². The Morgan fingerprint density at radius 1 is 1.23 bits per heavy atom. The summed E-state index contributed by atoms with van der Waals surface area (Å²) in [5, 5.41) is 19.9. The standard InChI is InChI=1S/C10H15NO2/c1-8(11-10(12)13)7-9-5-3-2-4-6-9/h2-6,8,10-13H,7H2,1H3. The monoisotopic (exact) mass is 181 g/mol. The molecule has 3 heteroatoms. The van der Waals surface area contributed by atoms with Crippen molar-refractivity contribution in [3.8, 4) is 0 Å². The minimum Gasteiger partial charge on any atom is -0.356 e. The predicted molar refractivity (Wildman–Crippen MR) is 51.0 cm³/mol. The van der Waals surface area contributed by atoms with Crippen molar-refractivity contribution < 1.29 is 10.2 Å². The van der Waals surface area contributed by atoms with Gasteiger partial charge in [0.2, 0.25) is 6.41 Å². The zero-order valence-corrected chi connectivity index (χ0v) is 7.64. The van der Waals surface area contributed by atoms with Gasteiger partial charge in [-0.3, -0.25) is 5.32 Å². The molecule has 0 saturated heterocycles. The van der Waals surface area contributed by atoms with Gasteiger partial charge >= 0.3 is 0 Å². The van der Waals surface area contributed by atoms with Crippen LogP contribution >= 0.6 is 0 Å². The molecule has 0 saturated carbocycles. The Labute approximate surface area is 78.0 Å². The lowest BCUT2D eigenvalue weighted by Gasteiger charge is -2.14. The fourth-order valence-corrected chi connectivity index (χ4v) is 1.28. The Balaban J connectivity index is 2.41. The zero-order valence-electron chi connectivity index (χ0n) is 7.64. The second kappa shape index (κ2) is 4.97. The van der Waals surface area contributed by atoms with Gasteiger partial charge in [0.15, 0.2) is 0 Å². The Bertz CT molecular complexity index is 236. The quantitative estimate of drug-likeness (QED) is 0.592. The van der Waals surface area contributed by atoms with Gasteiger partial charge in [-0.1, -0.05) is 30.3 Å². The lowest BCUT2D eigenvalue weighted by atomic mass is 10.1. The number of hydrogen-bond acceptors (Lipinski definition) is 3. The van der Waals surface area contributed by atoms with Crippen molar-refractivity contribution in [2.45, 2.75) is 25.8 Å². The summed E-state index contributed by atoms with van der Waals surface area (Å²) >= 11 is 0. The van der Waals surface area contributed by atoms with Gasteiger partial charge in [0.25, 0.3) is 0 Å². The van der Waals surface area contributed by atoms with Crippen LogP contribution in [0.15, 0.2) is 30.3 Å². The number of benzene rings is 1. The molecule has 0 heterocycles.